The lowest BCUT2D eigenvalue weighted by molar-refractivity contribution is -0.142. The van der Waals surface area contributed by atoms with E-state index in [-0.39, 0.29) is 40.2 Å². The summed E-state index contributed by atoms with van der Waals surface area (Å²) >= 11 is 11.9. The number of hydrogen-bond acceptors (Lipinski definition) is 4. The van der Waals surface area contributed by atoms with Gasteiger partial charge in [0.05, 0.1) is 18.6 Å². The van der Waals surface area contributed by atoms with Crippen LogP contribution in [-0.2, 0) is 9.53 Å². The maximum atomic E-state index is 12.6. The van der Waals surface area contributed by atoms with Crippen molar-refractivity contribution < 1.29 is 14.3 Å². The molecule has 5 nitrogen and oxygen atoms in total. The normalized spacial score (nSPS) is 18.4. The Morgan fingerprint density at radius 1 is 1.38 bits per heavy atom. The van der Waals surface area contributed by atoms with Gasteiger partial charge in [-0.05, 0) is 31.4 Å². The van der Waals surface area contributed by atoms with E-state index >= 15 is 0 Å². The van der Waals surface area contributed by atoms with Crippen LogP contribution in [0.1, 0.15) is 36.2 Å². The lowest BCUT2D eigenvalue weighted by Crippen LogP contribution is -2.45. The Labute approximate surface area is 133 Å². The van der Waals surface area contributed by atoms with Crippen LogP contribution in [0.25, 0.3) is 0 Å². The molecule has 0 bridgehead atoms. The molecular weight excluding hydrogens is 315 g/mol. The van der Waals surface area contributed by atoms with E-state index in [4.69, 9.17) is 23.2 Å². The van der Waals surface area contributed by atoms with Gasteiger partial charge >= 0.3 is 5.97 Å². The van der Waals surface area contributed by atoms with Gasteiger partial charge in [-0.1, -0.05) is 23.2 Å². The number of rotatable bonds is 3. The minimum atomic E-state index is -0.329. The van der Waals surface area contributed by atoms with E-state index in [2.05, 4.69) is 9.72 Å². The lowest BCUT2D eigenvalue weighted by Gasteiger charge is -2.35. The number of piperidine rings is 1. The number of nitrogens with zero attached hydrogens (tertiary/aromatic N) is 2. The van der Waals surface area contributed by atoms with Gasteiger partial charge in [-0.2, -0.15) is 0 Å². The predicted molar refractivity (Wildman–Crippen MR) is 79.6 cm³/mol. The van der Waals surface area contributed by atoms with Crippen LogP contribution in [0.3, 0.4) is 0 Å². The largest absolute Gasteiger partial charge is 0.469 e. The van der Waals surface area contributed by atoms with Gasteiger partial charge < -0.3 is 9.64 Å². The first-order valence-electron chi connectivity index (χ1n) is 6.72. The average Bonchev–Trinajstić information content (AvgIpc) is 2.49. The van der Waals surface area contributed by atoms with Crippen molar-refractivity contribution in [3.05, 3.63) is 28.0 Å². The molecule has 1 amide bonds. The van der Waals surface area contributed by atoms with Crippen molar-refractivity contribution in [1.82, 2.24) is 9.88 Å². The van der Waals surface area contributed by atoms with Crippen LogP contribution < -0.4 is 0 Å². The van der Waals surface area contributed by atoms with Crippen LogP contribution in [0.4, 0.5) is 0 Å². The molecule has 1 aromatic heterocycles. The summed E-state index contributed by atoms with van der Waals surface area (Å²) in [4.78, 5) is 29.8. The maximum absolute atomic E-state index is 12.6. The molecule has 1 saturated heterocycles. The van der Waals surface area contributed by atoms with Crippen molar-refractivity contribution in [1.29, 1.82) is 0 Å². The number of carbonyl (C=O) groups is 2. The molecule has 0 spiro atoms. The third-order valence-corrected chi connectivity index (χ3v) is 4.05. The van der Waals surface area contributed by atoms with E-state index in [1.807, 2.05) is 0 Å². The van der Waals surface area contributed by atoms with E-state index < -0.39 is 0 Å². The van der Waals surface area contributed by atoms with Crippen molar-refractivity contribution in [2.75, 3.05) is 13.7 Å². The number of likely N-dealkylation sites (tertiary alicyclic amines) is 1. The Hall–Kier alpha value is -1.33. The molecule has 2 rings (SSSR count). The van der Waals surface area contributed by atoms with Crippen LogP contribution >= 0.6 is 23.2 Å². The molecule has 7 heteroatoms. The fraction of sp³-hybridized carbons (Fsp3) is 0.500. The predicted octanol–water partition coefficient (Wildman–Crippen LogP) is 2.95. The van der Waals surface area contributed by atoms with Crippen molar-refractivity contribution >= 4 is 35.1 Å². The fourth-order valence-corrected chi connectivity index (χ4v) is 2.79. The van der Waals surface area contributed by atoms with Gasteiger partial charge in [-0.15, -0.1) is 0 Å². The van der Waals surface area contributed by atoms with E-state index in [0.29, 0.717) is 6.54 Å². The molecule has 1 unspecified atom stereocenters. The number of methoxy groups -OCH3 is 1. The molecule has 0 aliphatic carbocycles. The summed E-state index contributed by atoms with van der Waals surface area (Å²) in [6.45, 7) is 0.574. The van der Waals surface area contributed by atoms with Gasteiger partial charge in [-0.25, -0.2) is 4.98 Å². The second kappa shape index (κ2) is 7.09. The Balaban J connectivity index is 2.22. The molecule has 1 aliphatic heterocycles. The number of esters is 1. The highest BCUT2D eigenvalue weighted by molar-refractivity contribution is 6.34. The van der Waals surface area contributed by atoms with Gasteiger partial charge in [0.25, 0.3) is 5.91 Å². The van der Waals surface area contributed by atoms with Crippen LogP contribution in [0.15, 0.2) is 12.1 Å². The lowest BCUT2D eigenvalue weighted by atomic mass is 9.99. The highest BCUT2D eigenvalue weighted by Crippen LogP contribution is 2.25. The average molecular weight is 331 g/mol. The number of ether oxygens (including phenoxy) is 1. The SMILES string of the molecule is COC(=O)CC1CCCCN1C(=O)c1nc(Cl)ccc1Cl. The molecule has 0 N–H and O–H groups in total. The molecule has 0 aromatic carbocycles. The number of halogens is 2. The molecule has 1 atom stereocenters. The Morgan fingerprint density at radius 3 is 2.86 bits per heavy atom. The van der Waals surface area contributed by atoms with E-state index in [1.54, 1.807) is 11.0 Å². The standard InChI is InChI=1S/C14H16Cl2N2O3/c1-21-12(19)8-9-4-2-3-7-18(9)14(20)13-10(15)5-6-11(16)17-13/h5-6,9H,2-4,7-8H2,1H3. The summed E-state index contributed by atoms with van der Waals surface area (Å²) in [5.41, 5.74) is 0.126. The molecular formula is C14H16Cl2N2O3. The first kappa shape index (κ1) is 16.0. The smallest absolute Gasteiger partial charge is 0.307 e. The van der Waals surface area contributed by atoms with Crippen molar-refractivity contribution in [3.8, 4) is 0 Å². The molecule has 1 aliphatic rings. The number of carbonyl (C=O) groups excluding carboxylic acids is 2. The molecule has 2 heterocycles. The third kappa shape index (κ3) is 3.86. The van der Waals surface area contributed by atoms with Gasteiger partial charge in [-0.3, -0.25) is 9.59 Å². The number of amides is 1. The van der Waals surface area contributed by atoms with Gasteiger partial charge in [0.15, 0.2) is 0 Å². The Bertz CT molecular complexity index is 551. The Morgan fingerprint density at radius 2 is 2.14 bits per heavy atom. The van der Waals surface area contributed by atoms with Crippen LogP contribution in [-0.4, -0.2) is 41.5 Å². The number of hydrogen-bond donors (Lipinski definition) is 0. The number of aromatic nitrogens is 1. The summed E-state index contributed by atoms with van der Waals surface area (Å²) in [7, 11) is 1.34. The summed E-state index contributed by atoms with van der Waals surface area (Å²) in [6.07, 6.45) is 2.81. The molecule has 0 saturated carbocycles. The number of pyridine rings is 1. The quantitative estimate of drug-likeness (QED) is 0.631. The fourth-order valence-electron chi connectivity index (χ4n) is 2.46. The highest BCUT2D eigenvalue weighted by Gasteiger charge is 2.31. The molecule has 1 aromatic rings. The first-order valence-corrected chi connectivity index (χ1v) is 7.48. The van der Waals surface area contributed by atoms with E-state index in [1.165, 1.54) is 13.2 Å². The third-order valence-electron chi connectivity index (χ3n) is 3.53. The maximum Gasteiger partial charge on any atom is 0.307 e. The minimum absolute atomic E-state index is 0.126. The Kier molecular flexibility index (Phi) is 5.42. The van der Waals surface area contributed by atoms with Crippen molar-refractivity contribution in [3.63, 3.8) is 0 Å². The second-order valence-corrected chi connectivity index (χ2v) is 5.69. The second-order valence-electron chi connectivity index (χ2n) is 4.89. The molecule has 1 fully saturated rings. The van der Waals surface area contributed by atoms with E-state index in [0.717, 1.165) is 19.3 Å². The highest BCUT2D eigenvalue weighted by atomic mass is 35.5. The molecule has 114 valence electrons. The van der Waals surface area contributed by atoms with Crippen molar-refractivity contribution in [2.45, 2.75) is 31.7 Å². The zero-order chi connectivity index (χ0) is 15.4. The van der Waals surface area contributed by atoms with Gasteiger partial charge in [0.1, 0.15) is 10.8 Å². The summed E-state index contributed by atoms with van der Waals surface area (Å²) < 4.78 is 4.69. The zero-order valence-corrected chi connectivity index (χ0v) is 13.2. The van der Waals surface area contributed by atoms with Crippen LogP contribution in [0.2, 0.25) is 10.2 Å². The minimum Gasteiger partial charge on any atom is -0.469 e. The van der Waals surface area contributed by atoms with Crippen molar-refractivity contribution in [2.24, 2.45) is 0 Å². The van der Waals surface area contributed by atoms with Crippen LogP contribution in [0.5, 0.6) is 0 Å². The molecule has 0 radical (unpaired) electrons. The summed E-state index contributed by atoms with van der Waals surface area (Å²) in [6, 6.07) is 2.89. The van der Waals surface area contributed by atoms with Gasteiger partial charge in [0.2, 0.25) is 0 Å². The topological polar surface area (TPSA) is 59.5 Å². The zero-order valence-electron chi connectivity index (χ0n) is 11.6. The monoisotopic (exact) mass is 330 g/mol. The van der Waals surface area contributed by atoms with Gasteiger partial charge in [0, 0.05) is 12.6 Å². The first-order chi connectivity index (χ1) is 10.0. The molecule has 21 heavy (non-hydrogen) atoms. The summed E-state index contributed by atoms with van der Waals surface area (Å²) in [5, 5.41) is 0.469. The van der Waals surface area contributed by atoms with E-state index in [9.17, 15) is 9.59 Å². The van der Waals surface area contributed by atoms with Crippen LogP contribution in [0, 0.1) is 0 Å². The summed E-state index contributed by atoms with van der Waals surface area (Å²) in [5.74, 6) is -0.624.